The van der Waals surface area contributed by atoms with Crippen LogP contribution in [-0.2, 0) is 16.1 Å². The number of carboxylic acids is 1. The highest BCUT2D eigenvalue weighted by Crippen LogP contribution is 2.22. The van der Waals surface area contributed by atoms with Crippen molar-refractivity contribution in [2.24, 2.45) is 5.92 Å². The average Bonchev–Trinajstić information content (AvgIpc) is 2.55. The van der Waals surface area contributed by atoms with Crippen molar-refractivity contribution in [1.82, 2.24) is 9.88 Å². The van der Waals surface area contributed by atoms with E-state index in [1.807, 2.05) is 17.0 Å². The van der Waals surface area contributed by atoms with E-state index >= 15 is 0 Å². The summed E-state index contributed by atoms with van der Waals surface area (Å²) in [5.41, 5.74) is 1.06. The number of carboxylic acid groups (broad SMARTS) is 1. The van der Waals surface area contributed by atoms with Gasteiger partial charge in [-0.15, -0.1) is 0 Å². The zero-order chi connectivity index (χ0) is 13.7. The lowest BCUT2D eigenvalue weighted by Gasteiger charge is -2.20. The Morgan fingerprint density at radius 3 is 2.79 bits per heavy atom. The normalized spacial score (nSPS) is 20.1. The maximum atomic E-state index is 12.0. The smallest absolute Gasteiger partial charge is 0.303 e. The van der Waals surface area contributed by atoms with E-state index in [0.717, 1.165) is 12.0 Å². The fourth-order valence-electron chi connectivity index (χ4n) is 2.42. The van der Waals surface area contributed by atoms with Crippen LogP contribution in [0, 0.1) is 5.92 Å². The lowest BCUT2D eigenvalue weighted by Crippen LogP contribution is -2.29. The van der Waals surface area contributed by atoms with Crippen molar-refractivity contribution >= 4 is 11.9 Å². The largest absolute Gasteiger partial charge is 0.481 e. The summed E-state index contributed by atoms with van der Waals surface area (Å²) in [6, 6.07) is 3.79. The Morgan fingerprint density at radius 2 is 2.11 bits per heavy atom. The minimum atomic E-state index is -0.778. The number of rotatable bonds is 4. The summed E-state index contributed by atoms with van der Waals surface area (Å²) in [6.07, 6.45) is 5.48. The molecule has 5 heteroatoms. The minimum Gasteiger partial charge on any atom is -0.481 e. The van der Waals surface area contributed by atoms with Crippen molar-refractivity contribution in [3.63, 3.8) is 0 Å². The van der Waals surface area contributed by atoms with Gasteiger partial charge in [-0.3, -0.25) is 14.6 Å². The number of amides is 1. The molecule has 0 spiro atoms. The first-order chi connectivity index (χ1) is 9.15. The number of pyridine rings is 1. The number of carbonyl (C=O) groups excluding carboxylic acids is 1. The van der Waals surface area contributed by atoms with Crippen LogP contribution in [0.1, 0.15) is 31.2 Å². The molecule has 5 nitrogen and oxygen atoms in total. The van der Waals surface area contributed by atoms with Crippen LogP contribution < -0.4 is 0 Å². The van der Waals surface area contributed by atoms with Gasteiger partial charge in [-0.05, 0) is 36.5 Å². The average molecular weight is 262 g/mol. The standard InChI is InChI=1S/C14H18N2O3/c17-13-2-1-11(9-14(18)19)5-8-16(13)10-12-3-6-15-7-4-12/h3-4,6-7,11H,1-2,5,8-10H2,(H,18,19). The maximum Gasteiger partial charge on any atom is 0.303 e. The predicted octanol–water partition coefficient (Wildman–Crippen LogP) is 1.69. The van der Waals surface area contributed by atoms with Gasteiger partial charge in [0.25, 0.3) is 0 Å². The first-order valence-corrected chi connectivity index (χ1v) is 6.53. The van der Waals surface area contributed by atoms with Gasteiger partial charge < -0.3 is 10.0 Å². The Kier molecular flexibility index (Phi) is 4.49. The zero-order valence-electron chi connectivity index (χ0n) is 10.8. The fraction of sp³-hybridized carbons (Fsp3) is 0.500. The Balaban J connectivity index is 1.95. The SMILES string of the molecule is O=C(O)CC1CCC(=O)N(Cc2ccncc2)CC1. The monoisotopic (exact) mass is 262 g/mol. The molecule has 0 aliphatic carbocycles. The third-order valence-electron chi connectivity index (χ3n) is 3.51. The second kappa shape index (κ2) is 6.31. The maximum absolute atomic E-state index is 12.0. The van der Waals surface area contributed by atoms with Crippen LogP contribution in [0.5, 0.6) is 0 Å². The molecule has 2 rings (SSSR count). The van der Waals surface area contributed by atoms with Crippen molar-refractivity contribution in [1.29, 1.82) is 0 Å². The highest BCUT2D eigenvalue weighted by molar-refractivity contribution is 5.76. The van der Waals surface area contributed by atoms with E-state index in [2.05, 4.69) is 4.98 Å². The Labute approximate surface area is 112 Å². The zero-order valence-corrected chi connectivity index (χ0v) is 10.8. The van der Waals surface area contributed by atoms with E-state index in [0.29, 0.717) is 25.9 Å². The lowest BCUT2D eigenvalue weighted by atomic mass is 9.97. The van der Waals surface area contributed by atoms with Gasteiger partial charge in [0.2, 0.25) is 5.91 Å². The van der Waals surface area contributed by atoms with Crippen LogP contribution in [-0.4, -0.2) is 33.4 Å². The van der Waals surface area contributed by atoms with E-state index in [-0.39, 0.29) is 18.2 Å². The van der Waals surface area contributed by atoms with Gasteiger partial charge in [-0.2, -0.15) is 0 Å². The van der Waals surface area contributed by atoms with Gasteiger partial charge in [0.15, 0.2) is 0 Å². The third kappa shape index (κ3) is 4.05. The highest BCUT2D eigenvalue weighted by Gasteiger charge is 2.23. The minimum absolute atomic E-state index is 0.115. The molecule has 1 atom stereocenters. The molecule has 102 valence electrons. The van der Waals surface area contributed by atoms with Gasteiger partial charge in [-0.1, -0.05) is 0 Å². The molecule has 1 N–H and O–H groups in total. The molecule has 1 aliphatic heterocycles. The number of carbonyl (C=O) groups is 2. The quantitative estimate of drug-likeness (QED) is 0.896. The van der Waals surface area contributed by atoms with Crippen LogP contribution in [0.15, 0.2) is 24.5 Å². The van der Waals surface area contributed by atoms with Crippen molar-refractivity contribution in [3.8, 4) is 0 Å². The lowest BCUT2D eigenvalue weighted by molar-refractivity contribution is -0.138. The molecule has 1 fully saturated rings. The summed E-state index contributed by atoms with van der Waals surface area (Å²) in [5.74, 6) is -0.548. The summed E-state index contributed by atoms with van der Waals surface area (Å²) in [5, 5.41) is 8.82. The van der Waals surface area contributed by atoms with E-state index in [1.54, 1.807) is 12.4 Å². The van der Waals surface area contributed by atoms with Gasteiger partial charge >= 0.3 is 5.97 Å². The molecule has 1 aliphatic rings. The van der Waals surface area contributed by atoms with Crippen molar-refractivity contribution < 1.29 is 14.7 Å². The highest BCUT2D eigenvalue weighted by atomic mass is 16.4. The van der Waals surface area contributed by atoms with Crippen molar-refractivity contribution in [3.05, 3.63) is 30.1 Å². The molecule has 1 aromatic rings. The molecular weight excluding hydrogens is 244 g/mol. The van der Waals surface area contributed by atoms with E-state index in [1.165, 1.54) is 0 Å². The molecule has 0 aromatic carbocycles. The number of hydrogen-bond donors (Lipinski definition) is 1. The van der Waals surface area contributed by atoms with Crippen LogP contribution >= 0.6 is 0 Å². The first-order valence-electron chi connectivity index (χ1n) is 6.53. The third-order valence-corrected chi connectivity index (χ3v) is 3.51. The molecule has 1 saturated heterocycles. The Morgan fingerprint density at radius 1 is 1.37 bits per heavy atom. The fourth-order valence-corrected chi connectivity index (χ4v) is 2.42. The summed E-state index contributed by atoms with van der Waals surface area (Å²) in [4.78, 5) is 28.5. The molecule has 1 unspecified atom stereocenters. The summed E-state index contributed by atoms with van der Waals surface area (Å²) >= 11 is 0. The second-order valence-corrected chi connectivity index (χ2v) is 4.96. The molecule has 2 heterocycles. The van der Waals surface area contributed by atoms with Crippen molar-refractivity contribution in [2.75, 3.05) is 6.54 Å². The van der Waals surface area contributed by atoms with Crippen molar-refractivity contribution in [2.45, 2.75) is 32.2 Å². The summed E-state index contributed by atoms with van der Waals surface area (Å²) in [7, 11) is 0. The first kappa shape index (κ1) is 13.5. The summed E-state index contributed by atoms with van der Waals surface area (Å²) < 4.78 is 0. The van der Waals surface area contributed by atoms with Crippen LogP contribution in [0.25, 0.3) is 0 Å². The van der Waals surface area contributed by atoms with Crippen LogP contribution in [0.2, 0.25) is 0 Å². The molecule has 1 amide bonds. The number of nitrogens with zero attached hydrogens (tertiary/aromatic N) is 2. The molecule has 0 radical (unpaired) electrons. The number of hydrogen-bond acceptors (Lipinski definition) is 3. The van der Waals surface area contributed by atoms with Gasteiger partial charge in [0.05, 0.1) is 0 Å². The molecular formula is C14H18N2O3. The topological polar surface area (TPSA) is 70.5 Å². The molecule has 0 saturated carbocycles. The Hall–Kier alpha value is -1.91. The number of aliphatic carboxylic acids is 1. The van der Waals surface area contributed by atoms with E-state index < -0.39 is 5.97 Å². The second-order valence-electron chi connectivity index (χ2n) is 4.96. The number of aromatic nitrogens is 1. The molecule has 1 aromatic heterocycles. The van der Waals surface area contributed by atoms with Gasteiger partial charge in [0.1, 0.15) is 0 Å². The van der Waals surface area contributed by atoms with E-state index in [4.69, 9.17) is 5.11 Å². The predicted molar refractivity (Wildman–Crippen MR) is 69.2 cm³/mol. The number of likely N-dealkylation sites (tertiary alicyclic amines) is 1. The van der Waals surface area contributed by atoms with Gasteiger partial charge in [-0.25, -0.2) is 0 Å². The van der Waals surface area contributed by atoms with Crippen LogP contribution in [0.3, 0.4) is 0 Å². The molecule has 0 bridgehead atoms. The summed E-state index contributed by atoms with van der Waals surface area (Å²) in [6.45, 7) is 1.22. The van der Waals surface area contributed by atoms with E-state index in [9.17, 15) is 9.59 Å². The van der Waals surface area contributed by atoms with Gasteiger partial charge in [0, 0.05) is 38.3 Å². The van der Waals surface area contributed by atoms with Crippen LogP contribution in [0.4, 0.5) is 0 Å². The molecule has 19 heavy (non-hydrogen) atoms. The Bertz CT molecular complexity index is 447.